The maximum Gasteiger partial charge on any atom is 0.455 e. The lowest BCUT2D eigenvalue weighted by molar-refractivity contribution is -0.291. The summed E-state index contributed by atoms with van der Waals surface area (Å²) in [5.74, 6) is -5.78. The molecular formula is C10H10F5NO. The Morgan fingerprint density at radius 1 is 1.18 bits per heavy atom. The lowest BCUT2D eigenvalue weighted by atomic mass is 9.99. The molecule has 1 rings (SSSR count). The number of halogens is 5. The molecule has 0 aliphatic rings. The third kappa shape index (κ3) is 2.49. The summed E-state index contributed by atoms with van der Waals surface area (Å²) in [7, 11) is 0. The normalized spacial score (nSPS) is 14.8. The average molecular weight is 255 g/mol. The summed E-state index contributed by atoms with van der Waals surface area (Å²) in [6, 6.07) is 0.681. The lowest BCUT2D eigenvalue weighted by Crippen LogP contribution is -2.45. The molecule has 0 radical (unpaired) electrons. The van der Waals surface area contributed by atoms with Crippen molar-refractivity contribution < 1.29 is 27.1 Å². The first kappa shape index (κ1) is 13.7. The number of alkyl halides is 5. The van der Waals surface area contributed by atoms with Crippen molar-refractivity contribution >= 4 is 0 Å². The molecule has 3 N–H and O–H groups in total. The van der Waals surface area contributed by atoms with E-state index in [1.54, 1.807) is 6.92 Å². The van der Waals surface area contributed by atoms with Crippen molar-refractivity contribution in [1.82, 2.24) is 0 Å². The minimum atomic E-state index is -5.76. The summed E-state index contributed by atoms with van der Waals surface area (Å²) in [4.78, 5) is 0. The van der Waals surface area contributed by atoms with Gasteiger partial charge in [-0.3, -0.25) is 0 Å². The minimum absolute atomic E-state index is 0.522. The zero-order chi connectivity index (χ0) is 13.4. The minimum Gasteiger partial charge on any atom is -0.508 e. The van der Waals surface area contributed by atoms with Gasteiger partial charge in [-0.1, -0.05) is 12.1 Å². The predicted octanol–water partition coefficient (Wildman–Crippen LogP) is 2.90. The van der Waals surface area contributed by atoms with Crippen LogP contribution in [0.4, 0.5) is 22.0 Å². The average Bonchev–Trinajstić information content (AvgIpc) is 2.14. The van der Waals surface area contributed by atoms with E-state index >= 15 is 0 Å². The number of aryl methyl sites for hydroxylation is 1. The van der Waals surface area contributed by atoms with Crippen LogP contribution in [-0.2, 0) is 0 Å². The fourth-order valence-electron chi connectivity index (χ4n) is 1.29. The Morgan fingerprint density at radius 2 is 1.71 bits per heavy atom. The summed E-state index contributed by atoms with van der Waals surface area (Å²) in [5.41, 5.74) is 4.76. The largest absolute Gasteiger partial charge is 0.508 e. The third-order valence-corrected chi connectivity index (χ3v) is 2.29. The quantitative estimate of drug-likeness (QED) is 0.798. The van der Waals surface area contributed by atoms with Gasteiger partial charge in [0.2, 0.25) is 0 Å². The number of hydrogen-bond acceptors (Lipinski definition) is 2. The van der Waals surface area contributed by atoms with Gasteiger partial charge in [0.05, 0.1) is 0 Å². The Labute approximate surface area is 93.9 Å². The summed E-state index contributed by atoms with van der Waals surface area (Å²) >= 11 is 0. The summed E-state index contributed by atoms with van der Waals surface area (Å²) in [6.07, 6.45) is -5.76. The Bertz CT molecular complexity index is 416. The Balaban J connectivity index is 3.17. The van der Waals surface area contributed by atoms with Gasteiger partial charge in [0, 0.05) is 5.56 Å². The number of hydrogen-bond donors (Lipinski definition) is 2. The molecule has 0 aromatic heterocycles. The molecule has 0 bridgehead atoms. The van der Waals surface area contributed by atoms with E-state index in [0.717, 1.165) is 12.1 Å². The molecular weight excluding hydrogens is 245 g/mol. The zero-order valence-corrected chi connectivity index (χ0v) is 8.72. The van der Waals surface area contributed by atoms with Crippen LogP contribution in [0.3, 0.4) is 0 Å². The van der Waals surface area contributed by atoms with Gasteiger partial charge < -0.3 is 10.8 Å². The van der Waals surface area contributed by atoms with E-state index in [0.29, 0.717) is 5.56 Å². The fraction of sp³-hybridized carbons (Fsp3) is 0.400. The molecule has 0 spiro atoms. The van der Waals surface area contributed by atoms with Gasteiger partial charge in [-0.15, -0.1) is 0 Å². The smallest absolute Gasteiger partial charge is 0.455 e. The molecule has 0 saturated carbocycles. The number of aromatic hydroxyl groups is 1. The van der Waals surface area contributed by atoms with Crippen LogP contribution >= 0.6 is 0 Å². The summed E-state index contributed by atoms with van der Waals surface area (Å²) in [5, 5.41) is 9.31. The first-order chi connectivity index (χ1) is 7.57. The van der Waals surface area contributed by atoms with Crippen LogP contribution in [0.1, 0.15) is 17.2 Å². The number of phenolic OH excluding ortho intramolecular Hbond substituents is 1. The van der Waals surface area contributed by atoms with Gasteiger partial charge in [-0.25, -0.2) is 0 Å². The van der Waals surface area contributed by atoms with Crippen molar-refractivity contribution in [3.8, 4) is 5.75 Å². The molecule has 0 amide bonds. The molecule has 0 aliphatic heterocycles. The Morgan fingerprint density at radius 3 is 2.12 bits per heavy atom. The summed E-state index contributed by atoms with van der Waals surface area (Å²) in [6.45, 7) is 1.55. The highest BCUT2D eigenvalue weighted by Gasteiger charge is 2.62. The molecule has 0 fully saturated rings. The van der Waals surface area contributed by atoms with E-state index in [-0.39, 0.29) is 0 Å². The first-order valence-corrected chi connectivity index (χ1v) is 4.57. The molecule has 1 aromatic carbocycles. The highest BCUT2D eigenvalue weighted by Crippen LogP contribution is 2.44. The van der Waals surface area contributed by atoms with Crippen LogP contribution in [-0.4, -0.2) is 17.2 Å². The molecule has 7 heteroatoms. The standard InChI is InChI=1S/C10H10F5NO/c1-5-2-3-6(7(17)4-5)8(16)9(11,12)10(13,14)15/h2-4,8,17H,16H2,1H3/t8-/m0/s1. The molecule has 1 aromatic rings. The van der Waals surface area contributed by atoms with Crippen molar-refractivity contribution in [1.29, 1.82) is 0 Å². The van der Waals surface area contributed by atoms with Crippen molar-refractivity contribution in [2.75, 3.05) is 0 Å². The molecule has 96 valence electrons. The van der Waals surface area contributed by atoms with Crippen molar-refractivity contribution in [2.24, 2.45) is 5.73 Å². The molecule has 0 unspecified atom stereocenters. The van der Waals surface area contributed by atoms with Crippen molar-refractivity contribution in [2.45, 2.75) is 25.1 Å². The van der Waals surface area contributed by atoms with Gasteiger partial charge in [0.15, 0.2) is 0 Å². The third-order valence-electron chi connectivity index (χ3n) is 2.29. The topological polar surface area (TPSA) is 46.2 Å². The lowest BCUT2D eigenvalue weighted by Gasteiger charge is -2.26. The van der Waals surface area contributed by atoms with Gasteiger partial charge in [0.25, 0.3) is 0 Å². The summed E-state index contributed by atoms with van der Waals surface area (Å²) < 4.78 is 62.1. The van der Waals surface area contributed by atoms with Gasteiger partial charge in [-0.05, 0) is 18.6 Å². The predicted molar refractivity (Wildman–Crippen MR) is 50.8 cm³/mol. The van der Waals surface area contributed by atoms with E-state index in [9.17, 15) is 27.1 Å². The monoisotopic (exact) mass is 255 g/mol. The van der Waals surface area contributed by atoms with Crippen LogP contribution < -0.4 is 5.73 Å². The molecule has 0 heterocycles. The SMILES string of the molecule is Cc1ccc([C@H](N)C(F)(F)C(F)(F)F)c(O)c1. The molecule has 0 aliphatic carbocycles. The van der Waals surface area contributed by atoms with E-state index < -0.39 is 29.5 Å². The molecule has 1 atom stereocenters. The highest BCUT2D eigenvalue weighted by atomic mass is 19.4. The first-order valence-electron chi connectivity index (χ1n) is 4.57. The van der Waals surface area contributed by atoms with Crippen LogP contribution in [0.15, 0.2) is 18.2 Å². The maximum absolute atomic E-state index is 12.9. The Hall–Kier alpha value is -1.37. The van der Waals surface area contributed by atoms with Crippen molar-refractivity contribution in [3.05, 3.63) is 29.3 Å². The number of nitrogens with two attached hydrogens (primary N) is 1. The maximum atomic E-state index is 12.9. The van der Waals surface area contributed by atoms with E-state index in [1.807, 2.05) is 0 Å². The van der Waals surface area contributed by atoms with E-state index in [4.69, 9.17) is 5.73 Å². The number of rotatable bonds is 2. The van der Waals surface area contributed by atoms with E-state index in [1.165, 1.54) is 6.07 Å². The second kappa shape index (κ2) is 4.14. The van der Waals surface area contributed by atoms with Gasteiger partial charge in [-0.2, -0.15) is 22.0 Å². The number of phenols is 1. The molecule has 17 heavy (non-hydrogen) atoms. The van der Waals surface area contributed by atoms with Crippen molar-refractivity contribution in [3.63, 3.8) is 0 Å². The Kier molecular flexibility index (Phi) is 3.33. The van der Waals surface area contributed by atoms with Crippen LogP contribution in [0.2, 0.25) is 0 Å². The van der Waals surface area contributed by atoms with Crippen LogP contribution in [0.5, 0.6) is 5.75 Å². The second-order valence-corrected chi connectivity index (χ2v) is 3.66. The van der Waals surface area contributed by atoms with Crippen LogP contribution in [0, 0.1) is 6.92 Å². The van der Waals surface area contributed by atoms with Crippen LogP contribution in [0.25, 0.3) is 0 Å². The second-order valence-electron chi connectivity index (χ2n) is 3.66. The molecule has 2 nitrogen and oxygen atoms in total. The van der Waals surface area contributed by atoms with E-state index in [2.05, 4.69) is 0 Å². The van der Waals surface area contributed by atoms with Gasteiger partial charge in [0.1, 0.15) is 11.8 Å². The fourth-order valence-corrected chi connectivity index (χ4v) is 1.29. The zero-order valence-electron chi connectivity index (χ0n) is 8.72. The molecule has 0 saturated heterocycles. The number of benzene rings is 1. The van der Waals surface area contributed by atoms with Gasteiger partial charge >= 0.3 is 12.1 Å². The highest BCUT2D eigenvalue weighted by molar-refractivity contribution is 5.39.